The average molecular weight is 292 g/mol. The van der Waals surface area contributed by atoms with Crippen LogP contribution in [0.25, 0.3) is 0 Å². The van der Waals surface area contributed by atoms with E-state index in [1.165, 1.54) is 12.0 Å². The van der Waals surface area contributed by atoms with Crippen LogP contribution in [-0.4, -0.2) is 69.9 Å². The standard InChI is InChI=1S/C17H28N2O2/c1-18(2)8-4-6-16-5-3-7-17(15-16)21-14-11-19-9-12-20-13-10-19/h3,5,7,15H,4,6,8-14H2,1-2H3. The molecule has 0 atom stereocenters. The minimum absolute atomic E-state index is 0.751. The monoisotopic (exact) mass is 292 g/mol. The molecular formula is C17H28N2O2. The van der Waals surface area contributed by atoms with Crippen LogP contribution in [0.2, 0.25) is 0 Å². The van der Waals surface area contributed by atoms with Gasteiger partial charge in [0.15, 0.2) is 0 Å². The van der Waals surface area contributed by atoms with Crippen LogP contribution in [0.15, 0.2) is 24.3 Å². The highest BCUT2D eigenvalue weighted by molar-refractivity contribution is 5.28. The van der Waals surface area contributed by atoms with Gasteiger partial charge >= 0.3 is 0 Å². The van der Waals surface area contributed by atoms with E-state index >= 15 is 0 Å². The second-order valence-corrected chi connectivity index (χ2v) is 5.86. The van der Waals surface area contributed by atoms with Crippen molar-refractivity contribution in [1.29, 1.82) is 0 Å². The zero-order chi connectivity index (χ0) is 14.9. The molecule has 1 aromatic carbocycles. The highest BCUT2D eigenvalue weighted by Gasteiger charge is 2.09. The maximum absolute atomic E-state index is 5.88. The Morgan fingerprint density at radius 3 is 2.81 bits per heavy atom. The van der Waals surface area contributed by atoms with Crippen molar-refractivity contribution < 1.29 is 9.47 Å². The summed E-state index contributed by atoms with van der Waals surface area (Å²) in [6.07, 6.45) is 2.29. The summed E-state index contributed by atoms with van der Waals surface area (Å²) in [6.45, 7) is 6.60. The molecular weight excluding hydrogens is 264 g/mol. The molecule has 0 saturated carbocycles. The summed E-state index contributed by atoms with van der Waals surface area (Å²) in [5.74, 6) is 0.991. The number of ether oxygens (including phenoxy) is 2. The molecule has 1 aromatic rings. The van der Waals surface area contributed by atoms with Crippen molar-refractivity contribution in [2.75, 3.05) is 60.1 Å². The molecule has 0 aromatic heterocycles. The van der Waals surface area contributed by atoms with Crippen LogP contribution >= 0.6 is 0 Å². The summed E-state index contributed by atoms with van der Waals surface area (Å²) in [5.41, 5.74) is 1.36. The number of aryl methyl sites for hydroxylation is 1. The molecule has 0 spiro atoms. The van der Waals surface area contributed by atoms with E-state index in [2.05, 4.69) is 48.2 Å². The molecule has 0 bridgehead atoms. The first-order valence-corrected chi connectivity index (χ1v) is 7.90. The zero-order valence-electron chi connectivity index (χ0n) is 13.4. The number of morpholine rings is 1. The van der Waals surface area contributed by atoms with Gasteiger partial charge < -0.3 is 14.4 Å². The molecule has 1 heterocycles. The molecule has 1 saturated heterocycles. The molecule has 1 fully saturated rings. The van der Waals surface area contributed by atoms with Gasteiger partial charge in [-0.25, -0.2) is 0 Å². The van der Waals surface area contributed by atoms with Crippen molar-refractivity contribution in [3.63, 3.8) is 0 Å². The highest BCUT2D eigenvalue weighted by atomic mass is 16.5. The van der Waals surface area contributed by atoms with Crippen LogP contribution in [0.5, 0.6) is 5.75 Å². The SMILES string of the molecule is CN(C)CCCc1cccc(OCCN2CCOCC2)c1. The molecule has 0 amide bonds. The van der Waals surface area contributed by atoms with Gasteiger partial charge in [0.1, 0.15) is 12.4 Å². The van der Waals surface area contributed by atoms with Gasteiger partial charge in [-0.2, -0.15) is 0 Å². The fourth-order valence-corrected chi connectivity index (χ4v) is 2.51. The molecule has 0 aliphatic carbocycles. The van der Waals surface area contributed by atoms with E-state index < -0.39 is 0 Å². The second kappa shape index (κ2) is 9.03. The fourth-order valence-electron chi connectivity index (χ4n) is 2.51. The number of nitrogens with zero attached hydrogens (tertiary/aromatic N) is 2. The Balaban J connectivity index is 1.70. The maximum atomic E-state index is 5.88. The van der Waals surface area contributed by atoms with Gasteiger partial charge in [-0.05, 0) is 51.2 Å². The topological polar surface area (TPSA) is 24.9 Å². The zero-order valence-corrected chi connectivity index (χ0v) is 13.4. The molecule has 4 heteroatoms. The van der Waals surface area contributed by atoms with E-state index in [1.807, 2.05) is 0 Å². The molecule has 21 heavy (non-hydrogen) atoms. The van der Waals surface area contributed by atoms with Crippen LogP contribution in [0, 0.1) is 0 Å². The van der Waals surface area contributed by atoms with Gasteiger partial charge in [-0.3, -0.25) is 4.90 Å². The molecule has 4 nitrogen and oxygen atoms in total. The summed E-state index contributed by atoms with van der Waals surface area (Å²) >= 11 is 0. The van der Waals surface area contributed by atoms with Crippen molar-refractivity contribution in [2.45, 2.75) is 12.8 Å². The highest BCUT2D eigenvalue weighted by Crippen LogP contribution is 2.15. The van der Waals surface area contributed by atoms with Gasteiger partial charge in [0.2, 0.25) is 0 Å². The lowest BCUT2D eigenvalue weighted by Crippen LogP contribution is -2.38. The summed E-state index contributed by atoms with van der Waals surface area (Å²) in [4.78, 5) is 4.62. The molecule has 0 radical (unpaired) electrons. The second-order valence-electron chi connectivity index (χ2n) is 5.86. The fraction of sp³-hybridized carbons (Fsp3) is 0.647. The van der Waals surface area contributed by atoms with Crippen molar-refractivity contribution in [2.24, 2.45) is 0 Å². The third kappa shape index (κ3) is 6.46. The summed E-state index contributed by atoms with van der Waals surface area (Å²) in [6, 6.07) is 8.50. The maximum Gasteiger partial charge on any atom is 0.119 e. The smallest absolute Gasteiger partial charge is 0.119 e. The van der Waals surface area contributed by atoms with Crippen molar-refractivity contribution in [1.82, 2.24) is 9.80 Å². The van der Waals surface area contributed by atoms with Crippen LogP contribution in [-0.2, 0) is 11.2 Å². The van der Waals surface area contributed by atoms with Gasteiger partial charge in [-0.1, -0.05) is 12.1 Å². The lowest BCUT2D eigenvalue weighted by Gasteiger charge is -2.26. The van der Waals surface area contributed by atoms with Crippen LogP contribution in [0.4, 0.5) is 0 Å². The van der Waals surface area contributed by atoms with Gasteiger partial charge in [0.25, 0.3) is 0 Å². The van der Waals surface area contributed by atoms with Gasteiger partial charge in [0, 0.05) is 19.6 Å². The summed E-state index contributed by atoms with van der Waals surface area (Å²) in [7, 11) is 4.23. The van der Waals surface area contributed by atoms with Crippen molar-refractivity contribution in [3.8, 4) is 5.75 Å². The first-order valence-electron chi connectivity index (χ1n) is 7.90. The molecule has 1 aliphatic heterocycles. The average Bonchev–Trinajstić information content (AvgIpc) is 2.48. The quantitative estimate of drug-likeness (QED) is 0.730. The van der Waals surface area contributed by atoms with Crippen LogP contribution < -0.4 is 4.74 Å². The largest absolute Gasteiger partial charge is 0.492 e. The third-order valence-electron chi connectivity index (χ3n) is 3.75. The lowest BCUT2D eigenvalue weighted by molar-refractivity contribution is 0.0322. The van der Waals surface area contributed by atoms with E-state index in [9.17, 15) is 0 Å². The van der Waals surface area contributed by atoms with E-state index in [0.29, 0.717) is 0 Å². The van der Waals surface area contributed by atoms with E-state index in [0.717, 1.165) is 58.2 Å². The van der Waals surface area contributed by atoms with Crippen molar-refractivity contribution >= 4 is 0 Å². The van der Waals surface area contributed by atoms with Crippen molar-refractivity contribution in [3.05, 3.63) is 29.8 Å². The Morgan fingerprint density at radius 2 is 2.05 bits per heavy atom. The predicted molar refractivity (Wildman–Crippen MR) is 86.1 cm³/mol. The Hall–Kier alpha value is -1.10. The van der Waals surface area contributed by atoms with Gasteiger partial charge in [-0.15, -0.1) is 0 Å². The molecule has 2 rings (SSSR count). The molecule has 0 N–H and O–H groups in total. The minimum atomic E-state index is 0.751. The first kappa shape index (κ1) is 16.3. The number of hydrogen-bond acceptors (Lipinski definition) is 4. The third-order valence-corrected chi connectivity index (χ3v) is 3.75. The van der Waals surface area contributed by atoms with Crippen LogP contribution in [0.3, 0.4) is 0 Å². The number of hydrogen-bond donors (Lipinski definition) is 0. The van der Waals surface area contributed by atoms with E-state index in [1.54, 1.807) is 0 Å². The minimum Gasteiger partial charge on any atom is -0.492 e. The number of rotatable bonds is 8. The Labute approximate surface area is 128 Å². The Kier molecular flexibility index (Phi) is 7.00. The van der Waals surface area contributed by atoms with Gasteiger partial charge in [0.05, 0.1) is 13.2 Å². The Bertz CT molecular complexity index is 404. The Morgan fingerprint density at radius 1 is 1.24 bits per heavy atom. The first-order chi connectivity index (χ1) is 10.2. The van der Waals surface area contributed by atoms with Crippen LogP contribution in [0.1, 0.15) is 12.0 Å². The normalized spacial score (nSPS) is 16.3. The summed E-state index contributed by atoms with van der Waals surface area (Å²) in [5, 5.41) is 0. The number of benzene rings is 1. The van der Waals surface area contributed by atoms with E-state index in [4.69, 9.17) is 9.47 Å². The lowest BCUT2D eigenvalue weighted by atomic mass is 10.1. The molecule has 0 unspecified atom stereocenters. The molecule has 1 aliphatic rings. The predicted octanol–water partition coefficient (Wildman–Crippen LogP) is 1.89. The summed E-state index contributed by atoms with van der Waals surface area (Å²) < 4.78 is 11.2. The molecule has 118 valence electrons. The van der Waals surface area contributed by atoms with E-state index in [-0.39, 0.29) is 0 Å².